The molecule has 0 saturated carbocycles. The number of halogens is 3. The van der Waals surface area contributed by atoms with E-state index in [0.717, 1.165) is 16.7 Å². The van der Waals surface area contributed by atoms with Crippen LogP contribution in [0.25, 0.3) is 0 Å². The van der Waals surface area contributed by atoms with Gasteiger partial charge in [0, 0.05) is 5.02 Å². The van der Waals surface area contributed by atoms with Crippen molar-refractivity contribution in [1.82, 2.24) is 0 Å². The van der Waals surface area contributed by atoms with Crippen molar-refractivity contribution >= 4 is 23.2 Å². The average molecular weight is 283 g/mol. The fourth-order valence-corrected chi connectivity index (χ4v) is 2.53. The molecule has 0 aliphatic rings. The molecular formula is C15H13Cl2F. The predicted molar refractivity (Wildman–Crippen MR) is 74.9 cm³/mol. The van der Waals surface area contributed by atoms with Gasteiger partial charge in [0.2, 0.25) is 0 Å². The van der Waals surface area contributed by atoms with E-state index < -0.39 is 0 Å². The maximum Gasteiger partial charge on any atom is 0.123 e. The van der Waals surface area contributed by atoms with Gasteiger partial charge >= 0.3 is 0 Å². The third kappa shape index (κ3) is 3.04. The van der Waals surface area contributed by atoms with Gasteiger partial charge in [-0.2, -0.15) is 0 Å². The Morgan fingerprint density at radius 2 is 1.89 bits per heavy atom. The SMILES string of the molecule is Cc1ccc(F)cc1C(Cl)Cc1ccccc1Cl. The van der Waals surface area contributed by atoms with E-state index in [1.807, 2.05) is 31.2 Å². The summed E-state index contributed by atoms with van der Waals surface area (Å²) < 4.78 is 13.2. The fraction of sp³-hybridized carbons (Fsp3) is 0.200. The summed E-state index contributed by atoms with van der Waals surface area (Å²) in [5, 5.41) is 0.415. The van der Waals surface area contributed by atoms with Crippen molar-refractivity contribution < 1.29 is 4.39 Å². The third-order valence-corrected chi connectivity index (χ3v) is 3.69. The highest BCUT2D eigenvalue weighted by atomic mass is 35.5. The largest absolute Gasteiger partial charge is 0.207 e. The fourth-order valence-electron chi connectivity index (χ4n) is 1.92. The Kier molecular flexibility index (Phi) is 4.26. The molecule has 0 aromatic heterocycles. The van der Waals surface area contributed by atoms with Crippen molar-refractivity contribution in [3.05, 3.63) is 70.0 Å². The lowest BCUT2D eigenvalue weighted by Crippen LogP contribution is -1.99. The molecule has 94 valence electrons. The predicted octanol–water partition coefficient (Wildman–Crippen LogP) is 5.31. The van der Waals surface area contributed by atoms with Crippen molar-refractivity contribution in [2.45, 2.75) is 18.7 Å². The van der Waals surface area contributed by atoms with Gasteiger partial charge in [-0.25, -0.2) is 4.39 Å². The molecule has 0 aliphatic heterocycles. The lowest BCUT2D eigenvalue weighted by molar-refractivity contribution is 0.624. The lowest BCUT2D eigenvalue weighted by atomic mass is 10.00. The van der Waals surface area contributed by atoms with Gasteiger partial charge in [0.15, 0.2) is 0 Å². The molecule has 2 aromatic carbocycles. The standard InChI is InChI=1S/C15H13Cl2F/c1-10-6-7-12(18)9-13(10)15(17)8-11-4-2-3-5-14(11)16/h2-7,9,15H,8H2,1H3. The smallest absolute Gasteiger partial charge is 0.123 e. The van der Waals surface area contributed by atoms with Crippen LogP contribution < -0.4 is 0 Å². The van der Waals surface area contributed by atoms with Crippen molar-refractivity contribution in [2.24, 2.45) is 0 Å². The first-order valence-corrected chi connectivity index (χ1v) is 6.53. The van der Waals surface area contributed by atoms with Gasteiger partial charge in [-0.3, -0.25) is 0 Å². The van der Waals surface area contributed by atoms with E-state index in [4.69, 9.17) is 23.2 Å². The second-order valence-electron chi connectivity index (χ2n) is 4.26. The first kappa shape index (κ1) is 13.4. The zero-order chi connectivity index (χ0) is 13.1. The van der Waals surface area contributed by atoms with Gasteiger partial charge in [0.05, 0.1) is 5.38 Å². The minimum absolute atomic E-state index is 0.264. The maximum atomic E-state index is 13.2. The third-order valence-electron chi connectivity index (χ3n) is 2.94. The highest BCUT2D eigenvalue weighted by molar-refractivity contribution is 6.31. The first-order valence-electron chi connectivity index (χ1n) is 5.71. The zero-order valence-electron chi connectivity index (χ0n) is 9.96. The normalized spacial score (nSPS) is 12.4. The Bertz CT molecular complexity index is 552. The van der Waals surface area contributed by atoms with Crippen LogP contribution >= 0.6 is 23.2 Å². The zero-order valence-corrected chi connectivity index (χ0v) is 11.5. The van der Waals surface area contributed by atoms with E-state index in [2.05, 4.69) is 0 Å². The molecule has 0 radical (unpaired) electrons. The van der Waals surface area contributed by atoms with Crippen LogP contribution in [0.3, 0.4) is 0 Å². The number of hydrogen-bond acceptors (Lipinski definition) is 0. The number of alkyl halides is 1. The summed E-state index contributed by atoms with van der Waals surface area (Å²) in [7, 11) is 0. The number of hydrogen-bond donors (Lipinski definition) is 0. The van der Waals surface area contributed by atoms with Crippen LogP contribution in [0.15, 0.2) is 42.5 Å². The summed E-state index contributed by atoms with van der Waals surface area (Å²) in [6.07, 6.45) is 0.589. The summed E-state index contributed by atoms with van der Waals surface area (Å²) in [6, 6.07) is 12.2. The second-order valence-corrected chi connectivity index (χ2v) is 5.20. The molecule has 1 unspecified atom stereocenters. The van der Waals surface area contributed by atoms with E-state index in [1.54, 1.807) is 6.07 Å². The van der Waals surface area contributed by atoms with Crippen molar-refractivity contribution in [2.75, 3.05) is 0 Å². The van der Waals surface area contributed by atoms with E-state index in [0.29, 0.717) is 11.4 Å². The van der Waals surface area contributed by atoms with E-state index in [-0.39, 0.29) is 11.2 Å². The Balaban J connectivity index is 2.25. The van der Waals surface area contributed by atoms with E-state index in [9.17, 15) is 4.39 Å². The van der Waals surface area contributed by atoms with Crippen LogP contribution in [0.1, 0.15) is 22.1 Å². The van der Waals surface area contributed by atoms with Crippen LogP contribution in [0.2, 0.25) is 5.02 Å². The minimum atomic E-state index is -0.277. The monoisotopic (exact) mass is 282 g/mol. The Morgan fingerprint density at radius 1 is 1.17 bits per heavy atom. The molecule has 0 bridgehead atoms. The average Bonchev–Trinajstić information content (AvgIpc) is 2.35. The van der Waals surface area contributed by atoms with Crippen LogP contribution in [0, 0.1) is 12.7 Å². The molecular weight excluding hydrogens is 270 g/mol. The summed E-state index contributed by atoms with van der Waals surface area (Å²) in [6.45, 7) is 1.93. The molecule has 0 fully saturated rings. The lowest BCUT2D eigenvalue weighted by Gasteiger charge is -2.14. The first-order chi connectivity index (χ1) is 8.58. The van der Waals surface area contributed by atoms with Gasteiger partial charge in [-0.05, 0) is 48.2 Å². The van der Waals surface area contributed by atoms with E-state index in [1.165, 1.54) is 12.1 Å². The molecule has 2 rings (SSSR count). The summed E-state index contributed by atoms with van der Waals surface area (Å²) in [5.74, 6) is -0.264. The topological polar surface area (TPSA) is 0 Å². The quantitative estimate of drug-likeness (QED) is 0.669. The maximum absolute atomic E-state index is 13.2. The Hall–Kier alpha value is -1.05. The Labute approximate surface area is 116 Å². The Morgan fingerprint density at radius 3 is 2.61 bits per heavy atom. The van der Waals surface area contributed by atoms with E-state index >= 15 is 0 Å². The summed E-state index contributed by atoms with van der Waals surface area (Å²) in [5.41, 5.74) is 2.78. The molecule has 0 N–H and O–H groups in total. The van der Waals surface area contributed by atoms with Gasteiger partial charge in [0.1, 0.15) is 5.82 Å². The summed E-state index contributed by atoms with van der Waals surface area (Å²) >= 11 is 12.5. The number of rotatable bonds is 3. The van der Waals surface area contributed by atoms with Gasteiger partial charge < -0.3 is 0 Å². The van der Waals surface area contributed by atoms with Crippen molar-refractivity contribution in [1.29, 1.82) is 0 Å². The molecule has 1 atom stereocenters. The highest BCUT2D eigenvalue weighted by Gasteiger charge is 2.13. The van der Waals surface area contributed by atoms with Gasteiger partial charge in [-0.1, -0.05) is 35.9 Å². The summed E-state index contributed by atoms with van der Waals surface area (Å²) in [4.78, 5) is 0. The molecule has 0 nitrogen and oxygen atoms in total. The molecule has 0 heterocycles. The minimum Gasteiger partial charge on any atom is -0.207 e. The molecule has 0 saturated heterocycles. The second kappa shape index (κ2) is 5.73. The molecule has 0 aliphatic carbocycles. The molecule has 2 aromatic rings. The molecule has 0 amide bonds. The van der Waals surface area contributed by atoms with Gasteiger partial charge in [0.25, 0.3) is 0 Å². The van der Waals surface area contributed by atoms with Crippen molar-refractivity contribution in [3.63, 3.8) is 0 Å². The number of benzene rings is 2. The highest BCUT2D eigenvalue weighted by Crippen LogP contribution is 2.30. The van der Waals surface area contributed by atoms with Crippen LogP contribution in [-0.2, 0) is 6.42 Å². The van der Waals surface area contributed by atoms with Crippen LogP contribution in [0.5, 0.6) is 0 Å². The molecule has 0 spiro atoms. The van der Waals surface area contributed by atoms with Crippen molar-refractivity contribution in [3.8, 4) is 0 Å². The number of aryl methyl sites for hydroxylation is 1. The van der Waals surface area contributed by atoms with Crippen LogP contribution in [0.4, 0.5) is 4.39 Å². The molecule has 18 heavy (non-hydrogen) atoms. The van der Waals surface area contributed by atoms with Crippen LogP contribution in [-0.4, -0.2) is 0 Å². The molecule has 3 heteroatoms. The van der Waals surface area contributed by atoms with Gasteiger partial charge in [-0.15, -0.1) is 11.6 Å².